The van der Waals surface area contributed by atoms with Gasteiger partial charge in [0.05, 0.1) is 0 Å². The largest absolute Gasteiger partial charge is 0.326 e. The zero-order valence-electron chi connectivity index (χ0n) is 11.6. The molecule has 1 aromatic carbocycles. The quantitative estimate of drug-likeness (QED) is 0.911. The van der Waals surface area contributed by atoms with Crippen LogP contribution < -0.4 is 10.6 Å². The number of hydrogen-bond donors (Lipinski definition) is 2. The van der Waals surface area contributed by atoms with Crippen molar-refractivity contribution in [1.82, 2.24) is 9.97 Å². The summed E-state index contributed by atoms with van der Waals surface area (Å²) in [6.07, 6.45) is 0. The summed E-state index contributed by atoms with van der Waals surface area (Å²) in [6.45, 7) is 5.33. The van der Waals surface area contributed by atoms with Gasteiger partial charge in [0.15, 0.2) is 0 Å². The Bertz CT molecular complexity index is 596. The molecule has 2 aromatic rings. The lowest BCUT2D eigenvalue weighted by atomic mass is 10.2. The first kappa shape index (κ1) is 15.9. The van der Waals surface area contributed by atoms with Gasteiger partial charge >= 0.3 is 0 Å². The number of aromatic nitrogens is 2. The fourth-order valence-corrected chi connectivity index (χ4v) is 1.79. The molecule has 1 heterocycles. The maximum atomic E-state index is 11.0. The van der Waals surface area contributed by atoms with Crippen molar-refractivity contribution in [3.63, 3.8) is 0 Å². The maximum Gasteiger partial charge on any atom is 0.227 e. The van der Waals surface area contributed by atoms with E-state index in [-0.39, 0.29) is 18.3 Å². The average Bonchev–Trinajstić information content (AvgIpc) is 2.26. The molecule has 0 bridgehead atoms. The fourth-order valence-electron chi connectivity index (χ4n) is 1.79. The van der Waals surface area contributed by atoms with Crippen LogP contribution in [0.25, 0.3) is 0 Å². The smallest absolute Gasteiger partial charge is 0.227 e. The van der Waals surface area contributed by atoms with E-state index in [2.05, 4.69) is 20.6 Å². The van der Waals surface area contributed by atoms with Crippen molar-refractivity contribution >= 4 is 35.6 Å². The number of carbonyl (C=O) groups is 1. The molecule has 1 amide bonds. The molecule has 0 radical (unpaired) electrons. The van der Waals surface area contributed by atoms with Crippen molar-refractivity contribution in [1.29, 1.82) is 0 Å². The van der Waals surface area contributed by atoms with Crippen LogP contribution in [-0.4, -0.2) is 15.9 Å². The summed E-state index contributed by atoms with van der Waals surface area (Å²) >= 11 is 0. The lowest BCUT2D eigenvalue weighted by molar-refractivity contribution is -0.114. The first-order chi connectivity index (χ1) is 9.02. The standard InChI is InChI=1S/C14H16N4O.ClH/c1-9-7-10(2)16-14(15-9)18-13-6-4-5-12(8-13)17-11(3)19;/h4-8H,1-3H3,(H,17,19)(H,15,16,18);1H. The third-order valence-corrected chi connectivity index (χ3v) is 2.42. The van der Waals surface area contributed by atoms with Crippen molar-refractivity contribution in [2.75, 3.05) is 10.6 Å². The molecule has 0 fully saturated rings. The van der Waals surface area contributed by atoms with Gasteiger partial charge in [-0.2, -0.15) is 0 Å². The minimum atomic E-state index is -0.0974. The fraction of sp³-hybridized carbons (Fsp3) is 0.214. The van der Waals surface area contributed by atoms with E-state index in [1.54, 1.807) is 0 Å². The highest BCUT2D eigenvalue weighted by Gasteiger charge is 2.02. The van der Waals surface area contributed by atoms with Gasteiger partial charge in [-0.1, -0.05) is 6.07 Å². The van der Waals surface area contributed by atoms with Gasteiger partial charge in [-0.25, -0.2) is 9.97 Å². The summed E-state index contributed by atoms with van der Waals surface area (Å²) in [4.78, 5) is 19.6. The molecule has 0 spiro atoms. The summed E-state index contributed by atoms with van der Waals surface area (Å²) in [5.41, 5.74) is 3.39. The van der Waals surface area contributed by atoms with E-state index in [9.17, 15) is 4.79 Å². The predicted molar refractivity (Wildman–Crippen MR) is 82.8 cm³/mol. The van der Waals surface area contributed by atoms with Gasteiger partial charge in [0.25, 0.3) is 0 Å². The summed E-state index contributed by atoms with van der Waals surface area (Å²) in [5.74, 6) is 0.456. The molecule has 0 saturated heterocycles. The summed E-state index contributed by atoms with van der Waals surface area (Å²) in [5, 5.41) is 5.86. The lowest BCUT2D eigenvalue weighted by Crippen LogP contribution is -2.06. The van der Waals surface area contributed by atoms with E-state index in [0.29, 0.717) is 5.95 Å². The van der Waals surface area contributed by atoms with E-state index >= 15 is 0 Å². The molecule has 1 aromatic heterocycles. The summed E-state index contributed by atoms with van der Waals surface area (Å²) in [7, 11) is 0. The Balaban J connectivity index is 0.00000200. The molecular formula is C14H17ClN4O. The second-order valence-electron chi connectivity index (χ2n) is 4.36. The van der Waals surface area contributed by atoms with Crippen LogP contribution in [0.4, 0.5) is 17.3 Å². The van der Waals surface area contributed by atoms with Gasteiger partial charge in [0.1, 0.15) is 0 Å². The Labute approximate surface area is 124 Å². The zero-order chi connectivity index (χ0) is 13.8. The van der Waals surface area contributed by atoms with Crippen LogP contribution in [0.3, 0.4) is 0 Å². The topological polar surface area (TPSA) is 66.9 Å². The average molecular weight is 293 g/mol. The van der Waals surface area contributed by atoms with Crippen LogP contribution in [0.2, 0.25) is 0 Å². The summed E-state index contributed by atoms with van der Waals surface area (Å²) < 4.78 is 0. The van der Waals surface area contributed by atoms with Gasteiger partial charge in [-0.3, -0.25) is 4.79 Å². The van der Waals surface area contributed by atoms with Crippen LogP contribution >= 0.6 is 12.4 Å². The first-order valence-corrected chi connectivity index (χ1v) is 6.00. The van der Waals surface area contributed by atoms with Crippen molar-refractivity contribution in [2.45, 2.75) is 20.8 Å². The SMILES string of the molecule is CC(=O)Nc1cccc(Nc2nc(C)cc(C)n2)c1.Cl. The molecule has 6 heteroatoms. The number of nitrogens with zero attached hydrogens (tertiary/aromatic N) is 2. The van der Waals surface area contributed by atoms with Gasteiger partial charge in [0, 0.05) is 29.7 Å². The van der Waals surface area contributed by atoms with Gasteiger partial charge in [0.2, 0.25) is 11.9 Å². The second-order valence-corrected chi connectivity index (χ2v) is 4.36. The third-order valence-electron chi connectivity index (χ3n) is 2.42. The van der Waals surface area contributed by atoms with Gasteiger partial charge < -0.3 is 10.6 Å². The molecule has 0 aliphatic heterocycles. The number of nitrogens with one attached hydrogen (secondary N) is 2. The Hall–Kier alpha value is -2.14. The Morgan fingerprint density at radius 3 is 2.25 bits per heavy atom. The number of aryl methyl sites for hydroxylation is 2. The monoisotopic (exact) mass is 292 g/mol. The molecule has 20 heavy (non-hydrogen) atoms. The van der Waals surface area contributed by atoms with Crippen LogP contribution in [0.5, 0.6) is 0 Å². The molecule has 0 unspecified atom stereocenters. The molecule has 0 atom stereocenters. The van der Waals surface area contributed by atoms with Gasteiger partial charge in [-0.15, -0.1) is 12.4 Å². The third kappa shape index (κ3) is 4.51. The molecule has 0 aliphatic rings. The van der Waals surface area contributed by atoms with Crippen LogP contribution in [0.15, 0.2) is 30.3 Å². The second kappa shape index (κ2) is 6.86. The van der Waals surface area contributed by atoms with Crippen molar-refractivity contribution in [2.24, 2.45) is 0 Å². The minimum Gasteiger partial charge on any atom is -0.326 e. The Kier molecular flexibility index (Phi) is 5.46. The Morgan fingerprint density at radius 2 is 1.65 bits per heavy atom. The van der Waals surface area contributed by atoms with Gasteiger partial charge in [-0.05, 0) is 38.1 Å². The van der Waals surface area contributed by atoms with Crippen molar-refractivity contribution in [3.8, 4) is 0 Å². The maximum absolute atomic E-state index is 11.0. The molecular weight excluding hydrogens is 276 g/mol. The number of anilines is 3. The van der Waals surface area contributed by atoms with E-state index in [0.717, 1.165) is 22.8 Å². The molecule has 2 rings (SSSR count). The number of halogens is 1. The molecule has 0 aliphatic carbocycles. The van der Waals surface area contributed by atoms with Crippen molar-refractivity contribution in [3.05, 3.63) is 41.7 Å². The molecule has 2 N–H and O–H groups in total. The van der Waals surface area contributed by atoms with E-state index in [1.165, 1.54) is 6.92 Å². The number of carbonyl (C=O) groups excluding carboxylic acids is 1. The van der Waals surface area contributed by atoms with E-state index in [1.807, 2.05) is 44.2 Å². The minimum absolute atomic E-state index is 0. The predicted octanol–water partition coefficient (Wildman–Crippen LogP) is 3.22. The van der Waals surface area contributed by atoms with Crippen LogP contribution in [0.1, 0.15) is 18.3 Å². The highest BCUT2D eigenvalue weighted by atomic mass is 35.5. The highest BCUT2D eigenvalue weighted by molar-refractivity contribution is 5.89. The molecule has 0 saturated carbocycles. The number of rotatable bonds is 3. The first-order valence-electron chi connectivity index (χ1n) is 6.00. The molecule has 5 nitrogen and oxygen atoms in total. The normalized spacial score (nSPS) is 9.55. The Morgan fingerprint density at radius 1 is 1.05 bits per heavy atom. The van der Waals surface area contributed by atoms with E-state index in [4.69, 9.17) is 0 Å². The summed E-state index contributed by atoms with van der Waals surface area (Å²) in [6, 6.07) is 9.33. The zero-order valence-corrected chi connectivity index (χ0v) is 12.4. The lowest BCUT2D eigenvalue weighted by Gasteiger charge is -2.08. The van der Waals surface area contributed by atoms with Crippen LogP contribution in [0, 0.1) is 13.8 Å². The number of hydrogen-bond acceptors (Lipinski definition) is 4. The molecule has 106 valence electrons. The van der Waals surface area contributed by atoms with Crippen molar-refractivity contribution < 1.29 is 4.79 Å². The van der Waals surface area contributed by atoms with Crippen LogP contribution in [-0.2, 0) is 4.79 Å². The number of benzene rings is 1. The van der Waals surface area contributed by atoms with E-state index < -0.39 is 0 Å². The number of amides is 1. The highest BCUT2D eigenvalue weighted by Crippen LogP contribution is 2.18.